The van der Waals surface area contributed by atoms with Crippen molar-refractivity contribution < 1.29 is 3.52 Å². The van der Waals surface area contributed by atoms with E-state index in [1.54, 1.807) is 0 Å². The summed E-state index contributed by atoms with van der Waals surface area (Å²) in [5, 5.41) is 3.82. The molecule has 5 heterocycles. The third kappa shape index (κ3) is 3.74. The van der Waals surface area contributed by atoms with Gasteiger partial charge >= 0.3 is 16.7 Å². The van der Waals surface area contributed by atoms with Crippen LogP contribution in [0.5, 0.6) is 0 Å². The Kier molecular flexibility index (Phi) is 5.64. The normalized spacial score (nSPS) is 11.5. The zero-order chi connectivity index (χ0) is 28.2. The predicted octanol–water partition coefficient (Wildman–Crippen LogP) is 6.37. The van der Waals surface area contributed by atoms with Crippen molar-refractivity contribution in [3.05, 3.63) is 97.1 Å². The Balaban J connectivity index is 0.00000131. The van der Waals surface area contributed by atoms with Crippen LogP contribution in [-0.2, 0) is 0 Å². The summed E-state index contributed by atoms with van der Waals surface area (Å²) in [6.07, 6.45) is 0. The summed E-state index contributed by atoms with van der Waals surface area (Å²) in [6.45, 7) is 0. The Hall–Kier alpha value is -5.30. The van der Waals surface area contributed by atoms with Crippen LogP contribution in [0.25, 0.3) is 89.7 Å². The number of halogens is 1. The molecule has 2 N–H and O–H groups in total. The topological polar surface area (TPSA) is 109 Å². The minimum absolute atomic E-state index is 0.194. The quantitative estimate of drug-likeness (QED) is 0.208. The van der Waals surface area contributed by atoms with Crippen LogP contribution in [0.2, 0.25) is 0 Å². The first-order valence-corrected chi connectivity index (χ1v) is 14.1. The van der Waals surface area contributed by atoms with Gasteiger partial charge in [-0.25, -0.2) is 29.9 Å². The summed E-state index contributed by atoms with van der Waals surface area (Å²) in [6, 6.07) is 32.2. The summed E-state index contributed by atoms with van der Waals surface area (Å²) in [5.41, 5.74) is 6.45. The van der Waals surface area contributed by atoms with E-state index in [0.717, 1.165) is 43.8 Å². The van der Waals surface area contributed by atoms with Gasteiger partial charge in [-0.2, -0.15) is 0 Å². The molecule has 4 aromatic carbocycles. The smallest absolute Gasteiger partial charge is 0.430 e. The van der Waals surface area contributed by atoms with Gasteiger partial charge in [0.25, 0.3) is 0 Å². The van der Waals surface area contributed by atoms with Gasteiger partial charge in [0.15, 0.2) is 23.3 Å². The fraction of sp³-hybridized carbons (Fsp3) is 0. The Morgan fingerprint density at radius 1 is 0.357 bits per heavy atom. The van der Waals surface area contributed by atoms with E-state index in [4.69, 9.17) is 29.9 Å². The number of hydrogen-bond acceptors (Lipinski definition) is 6. The van der Waals surface area contributed by atoms with Crippen LogP contribution in [0.3, 0.4) is 0 Å². The lowest BCUT2D eigenvalue weighted by atomic mass is 10.1. The van der Waals surface area contributed by atoms with Crippen molar-refractivity contribution >= 4 is 60.9 Å². The molecule has 0 aliphatic carbocycles. The van der Waals surface area contributed by atoms with Gasteiger partial charge in [0, 0.05) is 43.8 Å². The van der Waals surface area contributed by atoms with E-state index in [0.29, 0.717) is 45.9 Å². The largest absolute Gasteiger partial charge is 0.472 e. The van der Waals surface area contributed by atoms with E-state index >= 15 is 0 Å². The van der Waals surface area contributed by atoms with E-state index < -0.39 is 0 Å². The highest BCUT2D eigenvalue weighted by atomic mass is 27.1. The van der Waals surface area contributed by atoms with Crippen LogP contribution in [-0.4, -0.2) is 56.6 Å². The third-order valence-electron chi connectivity index (χ3n) is 7.46. The zero-order valence-electron chi connectivity index (χ0n) is 22.3. The standard InChI is InChI=1S/C32H18N8.Al.FH.2H/c1-2-10-18-17(9-1)25-33-26(18)38-28-21-13-5-6-14-22(21)30(35-28)40-32-24-16-8-7-15-23(24)31(36-32)39-29-20-12-4-3-11-19(20)27(34-29)37-25;;;;/h1-16H,(H2,33,34,35,36,37,38,39,40);;1H;;/q;+1;;;/p-1. The molecule has 0 saturated heterocycles. The molecule has 9 rings (SSSR count). The van der Waals surface area contributed by atoms with Crippen LogP contribution in [0, 0.1) is 0 Å². The minimum atomic E-state index is -0.194. The first-order chi connectivity index (χ1) is 20.8. The molecule has 10 heteroatoms. The number of rotatable bonds is 0. The highest BCUT2D eigenvalue weighted by Crippen LogP contribution is 2.36. The highest BCUT2D eigenvalue weighted by Gasteiger charge is 2.21. The zero-order valence-corrected chi connectivity index (χ0v) is 24.3. The van der Waals surface area contributed by atoms with Crippen LogP contribution in [0.1, 0.15) is 0 Å². The molecule has 2 aliphatic heterocycles. The molecule has 0 atom stereocenters. The first kappa shape index (κ1) is 24.5. The Bertz CT molecular complexity index is 2040. The number of hydrogen-bond donors (Lipinski definition) is 2. The van der Waals surface area contributed by atoms with Gasteiger partial charge in [0.1, 0.15) is 22.6 Å². The average Bonchev–Trinajstić information content (AvgIpc) is 3.78. The van der Waals surface area contributed by atoms with Crippen LogP contribution in [0.15, 0.2) is 97.1 Å². The van der Waals surface area contributed by atoms with Crippen molar-refractivity contribution in [3.63, 3.8) is 0 Å². The molecule has 0 spiro atoms. The highest BCUT2D eigenvalue weighted by molar-refractivity contribution is 6.06. The maximum absolute atomic E-state index is 9.64. The molecule has 2 aliphatic rings. The van der Waals surface area contributed by atoms with Crippen LogP contribution >= 0.6 is 0 Å². The second-order valence-electron chi connectivity index (χ2n) is 9.79. The maximum atomic E-state index is 9.64. The van der Waals surface area contributed by atoms with Gasteiger partial charge in [0.2, 0.25) is 0 Å². The van der Waals surface area contributed by atoms with Gasteiger partial charge in [-0.05, 0) is 0 Å². The minimum Gasteiger partial charge on any atom is -0.430 e. The van der Waals surface area contributed by atoms with Crippen molar-refractivity contribution in [1.82, 2.24) is 39.9 Å². The van der Waals surface area contributed by atoms with Gasteiger partial charge < -0.3 is 13.5 Å². The average molecular weight is 563 g/mol. The second-order valence-corrected chi connectivity index (χ2v) is 9.79. The molecule has 8 bridgehead atoms. The molecule has 0 fully saturated rings. The molecule has 0 unspecified atom stereocenters. The fourth-order valence-corrected chi connectivity index (χ4v) is 5.59. The van der Waals surface area contributed by atoms with E-state index in [-0.39, 0.29) is 16.7 Å². The molecular formula is C32H20AlFN8. The lowest BCUT2D eigenvalue weighted by Gasteiger charge is -1.96. The van der Waals surface area contributed by atoms with Crippen LogP contribution < -0.4 is 0 Å². The van der Waals surface area contributed by atoms with Gasteiger partial charge in [0.05, 0.1) is 0 Å². The lowest BCUT2D eigenvalue weighted by Crippen LogP contribution is -1.82. The predicted molar refractivity (Wildman–Crippen MR) is 166 cm³/mol. The van der Waals surface area contributed by atoms with E-state index in [2.05, 4.69) is 9.97 Å². The summed E-state index contributed by atoms with van der Waals surface area (Å²) in [4.78, 5) is 36.8. The van der Waals surface area contributed by atoms with Crippen molar-refractivity contribution in [2.45, 2.75) is 0 Å². The van der Waals surface area contributed by atoms with E-state index in [9.17, 15) is 3.52 Å². The first-order valence-electron chi connectivity index (χ1n) is 13.4. The number of fused-ring (bicyclic) bond motifs is 20. The summed E-state index contributed by atoms with van der Waals surface area (Å²) in [5.74, 6) is 2.39. The number of aromatic nitrogens is 8. The molecule has 0 amide bonds. The number of H-pyrrole nitrogens is 2. The molecular weight excluding hydrogens is 542 g/mol. The Morgan fingerprint density at radius 2 is 0.595 bits per heavy atom. The lowest BCUT2D eigenvalue weighted by molar-refractivity contribution is 0.902. The van der Waals surface area contributed by atoms with Crippen molar-refractivity contribution in [2.24, 2.45) is 0 Å². The van der Waals surface area contributed by atoms with Gasteiger partial charge in [-0.1, -0.05) is 97.1 Å². The molecule has 8 nitrogen and oxygen atoms in total. The number of nitrogens with one attached hydrogen (secondary N) is 2. The third-order valence-corrected chi connectivity index (χ3v) is 7.46. The molecule has 42 heavy (non-hydrogen) atoms. The fourth-order valence-electron chi connectivity index (χ4n) is 5.59. The summed E-state index contributed by atoms with van der Waals surface area (Å²) >= 11 is -0.194. The van der Waals surface area contributed by atoms with Gasteiger partial charge in [-0.3, -0.25) is 0 Å². The van der Waals surface area contributed by atoms with Crippen molar-refractivity contribution in [1.29, 1.82) is 0 Å². The molecule has 7 aromatic rings. The van der Waals surface area contributed by atoms with E-state index in [1.165, 1.54) is 0 Å². The maximum Gasteiger partial charge on any atom is 0.472 e. The SMILES string of the molecule is [F][AlH2].c1ccc2c(c1)-c1nc-2nc2[nH]c(nc3nc(nc4[nH]c(n1)c1ccccc41)-c1ccccc1-3)c1ccccc21. The second kappa shape index (κ2) is 9.66. The molecule has 198 valence electrons. The van der Waals surface area contributed by atoms with Crippen molar-refractivity contribution in [2.75, 3.05) is 0 Å². The molecule has 0 saturated carbocycles. The Morgan fingerprint density at radius 3 is 0.857 bits per heavy atom. The molecule has 0 radical (unpaired) electrons. The Labute approximate surface area is 246 Å². The monoisotopic (exact) mass is 562 g/mol. The van der Waals surface area contributed by atoms with Crippen LogP contribution in [0.4, 0.5) is 3.52 Å². The number of benzene rings is 4. The summed E-state index contributed by atoms with van der Waals surface area (Å²) < 4.78 is 9.64. The molecule has 3 aromatic heterocycles. The summed E-state index contributed by atoms with van der Waals surface area (Å²) in [7, 11) is 0. The van der Waals surface area contributed by atoms with Crippen molar-refractivity contribution in [3.8, 4) is 45.6 Å². The van der Waals surface area contributed by atoms with Gasteiger partial charge in [-0.15, -0.1) is 0 Å². The number of nitrogens with zero attached hydrogens (tertiary/aromatic N) is 6. The van der Waals surface area contributed by atoms with E-state index in [1.807, 2.05) is 97.1 Å². The number of aromatic amines is 2.